The van der Waals surface area contributed by atoms with Crippen LogP contribution < -0.4 is 21.1 Å². The average Bonchev–Trinajstić information content (AvgIpc) is 2.54. The molecule has 1 heterocycles. The number of hydrogen-bond acceptors (Lipinski definition) is 6. The number of benzene rings is 1. The molecular weight excluding hydrogens is 351 g/mol. The van der Waals surface area contributed by atoms with E-state index in [4.69, 9.17) is 27.2 Å². The molecule has 1 aromatic rings. The number of hydrogen-bond donors (Lipinski definition) is 4. The normalized spacial score (nSPS) is 18.7. The van der Waals surface area contributed by atoms with Gasteiger partial charge in [-0.15, -0.1) is 0 Å². The van der Waals surface area contributed by atoms with E-state index in [1.807, 2.05) is 0 Å². The molecule has 130 valence electrons. The first kappa shape index (κ1) is 16.8. The lowest BCUT2D eigenvalue weighted by molar-refractivity contribution is -0.139. The number of ether oxygens (including phenoxy) is 1. The van der Waals surface area contributed by atoms with Crippen LogP contribution in [-0.4, -0.2) is 30.1 Å². The van der Waals surface area contributed by atoms with Crippen LogP contribution in [0.3, 0.4) is 0 Å². The Balaban J connectivity index is 1.93. The molecule has 2 aliphatic rings. The van der Waals surface area contributed by atoms with Crippen LogP contribution in [0.1, 0.15) is 0 Å². The van der Waals surface area contributed by atoms with Crippen molar-refractivity contribution in [2.75, 3.05) is 11.9 Å². The molecule has 3 rings (SSSR count). The van der Waals surface area contributed by atoms with E-state index in [1.54, 1.807) is 18.2 Å². The highest BCUT2D eigenvalue weighted by molar-refractivity contribution is 6.30. The van der Waals surface area contributed by atoms with Gasteiger partial charge in [-0.2, -0.15) is 0 Å². The predicted molar refractivity (Wildman–Crippen MR) is 92.1 cm³/mol. The number of aliphatic imine (C=N–C) groups is 1. The first-order chi connectivity index (χ1) is 11.9. The molecule has 0 aromatic heterocycles. The van der Waals surface area contributed by atoms with Crippen LogP contribution in [0.4, 0.5) is 10.1 Å². The largest absolute Gasteiger partial charge is 0.480 e. The average molecular weight is 365 g/mol. The summed E-state index contributed by atoms with van der Waals surface area (Å²) in [7, 11) is 0. The Labute approximate surface area is 147 Å². The fraction of sp³-hybridized carbons (Fsp3) is 0.125. The maximum absolute atomic E-state index is 14.3. The molecule has 0 saturated carbocycles. The molecule has 1 aliphatic heterocycles. The number of fused-ring (bicyclic) bond motifs is 1. The highest BCUT2D eigenvalue weighted by Crippen LogP contribution is 2.33. The number of nitrogens with one attached hydrogen (secondary N) is 2. The van der Waals surface area contributed by atoms with Crippen molar-refractivity contribution >= 4 is 29.6 Å². The number of carboxylic acids is 1. The van der Waals surface area contributed by atoms with E-state index >= 15 is 0 Å². The smallest absolute Gasteiger partial charge is 0.341 e. The van der Waals surface area contributed by atoms with Gasteiger partial charge in [0.1, 0.15) is 23.4 Å². The first-order valence-electron chi connectivity index (χ1n) is 7.22. The number of halogens is 2. The molecule has 25 heavy (non-hydrogen) atoms. The number of aliphatic carboxylic acids is 1. The Hall–Kier alpha value is -3.00. The quantitative estimate of drug-likeness (QED) is 0.637. The third kappa shape index (κ3) is 3.74. The van der Waals surface area contributed by atoms with Crippen molar-refractivity contribution in [1.29, 1.82) is 0 Å². The summed E-state index contributed by atoms with van der Waals surface area (Å²) in [5.74, 6) is -1.07. The number of rotatable bonds is 5. The van der Waals surface area contributed by atoms with E-state index < -0.39 is 24.4 Å². The summed E-state index contributed by atoms with van der Waals surface area (Å²) in [6.45, 7) is -0.536. The highest BCUT2D eigenvalue weighted by atomic mass is 35.5. The van der Waals surface area contributed by atoms with Crippen LogP contribution in [0.15, 0.2) is 58.3 Å². The molecule has 1 atom stereocenters. The Bertz CT molecular complexity index is 848. The third-order valence-electron chi connectivity index (χ3n) is 3.46. The van der Waals surface area contributed by atoms with Crippen molar-refractivity contribution in [3.8, 4) is 5.75 Å². The standard InChI is InChI=1S/C16H14ClFN4O3/c17-8-1-2-11(13(3-8)25-6-14(23)24)22-16-15-10(18)4-9(19)5-12(15)20-7-21-16/h1-5,7,12,22H,6,19H2,(H,20,21)(H,23,24). The summed E-state index contributed by atoms with van der Waals surface area (Å²) in [5, 5.41) is 15.0. The van der Waals surface area contributed by atoms with E-state index in [0.29, 0.717) is 22.2 Å². The molecule has 0 bridgehead atoms. The number of nitrogens with zero attached hydrogens (tertiary/aromatic N) is 1. The van der Waals surface area contributed by atoms with Crippen molar-refractivity contribution < 1.29 is 19.0 Å². The lowest BCUT2D eigenvalue weighted by Gasteiger charge is -2.26. The second kappa shape index (κ2) is 6.86. The SMILES string of the molecule is NC1=CC2N=CNC(Nc3ccc(Cl)cc3OCC(=O)O)=C2C(F)=C1. The molecule has 0 radical (unpaired) electrons. The topological polar surface area (TPSA) is 109 Å². The van der Waals surface area contributed by atoms with Crippen molar-refractivity contribution in [2.45, 2.75) is 6.04 Å². The van der Waals surface area contributed by atoms with E-state index in [0.717, 1.165) is 0 Å². The van der Waals surface area contributed by atoms with Gasteiger partial charge in [-0.1, -0.05) is 11.6 Å². The zero-order valence-corrected chi connectivity index (χ0v) is 13.5. The molecule has 7 nitrogen and oxygen atoms in total. The fourth-order valence-corrected chi connectivity index (χ4v) is 2.58. The van der Waals surface area contributed by atoms with Crippen LogP contribution in [0.25, 0.3) is 0 Å². The van der Waals surface area contributed by atoms with E-state index in [-0.39, 0.29) is 11.3 Å². The molecule has 1 aliphatic carbocycles. The van der Waals surface area contributed by atoms with Crippen molar-refractivity contribution in [3.63, 3.8) is 0 Å². The number of anilines is 1. The molecule has 0 saturated heterocycles. The Morgan fingerprint density at radius 2 is 2.32 bits per heavy atom. The van der Waals surface area contributed by atoms with Gasteiger partial charge in [0.25, 0.3) is 0 Å². The lowest BCUT2D eigenvalue weighted by atomic mass is 9.98. The van der Waals surface area contributed by atoms with Crippen molar-refractivity contribution in [2.24, 2.45) is 10.7 Å². The van der Waals surface area contributed by atoms with Gasteiger partial charge in [0.05, 0.1) is 17.6 Å². The van der Waals surface area contributed by atoms with Gasteiger partial charge in [0.2, 0.25) is 0 Å². The van der Waals surface area contributed by atoms with Gasteiger partial charge in [0.15, 0.2) is 6.61 Å². The zero-order chi connectivity index (χ0) is 18.0. The molecule has 1 unspecified atom stereocenters. The van der Waals surface area contributed by atoms with Crippen LogP contribution >= 0.6 is 11.6 Å². The highest BCUT2D eigenvalue weighted by Gasteiger charge is 2.27. The molecule has 9 heteroatoms. The van der Waals surface area contributed by atoms with Gasteiger partial charge in [0, 0.05) is 16.8 Å². The fourth-order valence-electron chi connectivity index (χ4n) is 2.42. The minimum absolute atomic E-state index is 0.221. The molecule has 0 spiro atoms. The van der Waals surface area contributed by atoms with Crippen LogP contribution in [0, 0.1) is 0 Å². The number of nitrogens with two attached hydrogens (primary N) is 1. The third-order valence-corrected chi connectivity index (χ3v) is 3.70. The van der Waals surface area contributed by atoms with Crippen LogP contribution in [-0.2, 0) is 4.79 Å². The molecule has 5 N–H and O–H groups in total. The Morgan fingerprint density at radius 1 is 1.52 bits per heavy atom. The summed E-state index contributed by atoms with van der Waals surface area (Å²) in [4.78, 5) is 14.9. The summed E-state index contributed by atoms with van der Waals surface area (Å²) in [6, 6.07) is 4.12. The summed E-state index contributed by atoms with van der Waals surface area (Å²) in [6.07, 6.45) is 4.26. The second-order valence-corrected chi connectivity index (χ2v) is 5.70. The number of allylic oxidation sites excluding steroid dienone is 1. The lowest BCUT2D eigenvalue weighted by Crippen LogP contribution is -2.31. The van der Waals surface area contributed by atoms with Gasteiger partial charge in [-0.25, -0.2) is 9.18 Å². The maximum Gasteiger partial charge on any atom is 0.341 e. The van der Waals surface area contributed by atoms with Crippen LogP contribution in [0.2, 0.25) is 5.02 Å². The number of carboxylic acid groups (broad SMARTS) is 1. The second-order valence-electron chi connectivity index (χ2n) is 5.26. The number of carbonyl (C=O) groups is 1. The van der Waals surface area contributed by atoms with Gasteiger partial charge >= 0.3 is 5.97 Å². The Kier molecular flexibility index (Phi) is 4.62. The Morgan fingerprint density at radius 3 is 3.08 bits per heavy atom. The van der Waals surface area contributed by atoms with Crippen molar-refractivity contribution in [1.82, 2.24) is 5.32 Å². The van der Waals surface area contributed by atoms with Gasteiger partial charge in [-0.05, 0) is 24.3 Å². The predicted octanol–water partition coefficient (Wildman–Crippen LogP) is 2.14. The summed E-state index contributed by atoms with van der Waals surface area (Å²) >= 11 is 5.93. The van der Waals surface area contributed by atoms with E-state index in [2.05, 4.69) is 15.6 Å². The monoisotopic (exact) mass is 364 g/mol. The summed E-state index contributed by atoms with van der Waals surface area (Å²) < 4.78 is 19.6. The van der Waals surface area contributed by atoms with Gasteiger partial charge < -0.3 is 26.2 Å². The summed E-state index contributed by atoms with van der Waals surface area (Å²) in [5.41, 5.74) is 6.66. The maximum atomic E-state index is 14.3. The minimum atomic E-state index is -1.13. The van der Waals surface area contributed by atoms with Gasteiger partial charge in [-0.3, -0.25) is 4.99 Å². The molecule has 0 fully saturated rings. The minimum Gasteiger partial charge on any atom is -0.480 e. The molecule has 0 amide bonds. The molecular formula is C16H14ClFN4O3. The van der Waals surface area contributed by atoms with Crippen molar-refractivity contribution in [3.05, 3.63) is 58.3 Å². The molecule has 1 aromatic carbocycles. The van der Waals surface area contributed by atoms with E-state index in [9.17, 15) is 9.18 Å². The first-order valence-corrected chi connectivity index (χ1v) is 7.60. The zero-order valence-electron chi connectivity index (χ0n) is 12.8. The van der Waals surface area contributed by atoms with E-state index in [1.165, 1.54) is 18.5 Å². The van der Waals surface area contributed by atoms with Crippen LogP contribution in [0.5, 0.6) is 5.75 Å².